The molecule has 0 fully saturated rings. The van der Waals surface area contributed by atoms with Crippen LogP contribution in [0.1, 0.15) is 19.4 Å². The summed E-state index contributed by atoms with van der Waals surface area (Å²) in [5, 5.41) is 8.53. The van der Waals surface area contributed by atoms with E-state index in [1.165, 1.54) is 7.11 Å². The fourth-order valence-corrected chi connectivity index (χ4v) is 1.01. The van der Waals surface area contributed by atoms with Gasteiger partial charge >= 0.3 is 5.97 Å². The molecule has 0 aliphatic heterocycles. The summed E-state index contributed by atoms with van der Waals surface area (Å²) in [7, 11) is 1.53. The molecule has 0 heterocycles. The van der Waals surface area contributed by atoms with Crippen LogP contribution in [0.5, 0.6) is 5.75 Å². The Morgan fingerprint density at radius 2 is 1.93 bits per heavy atom. The van der Waals surface area contributed by atoms with Crippen molar-refractivity contribution in [2.24, 2.45) is 0 Å². The fourth-order valence-electron chi connectivity index (χ4n) is 1.01. The van der Waals surface area contributed by atoms with E-state index in [0.29, 0.717) is 11.3 Å². The largest absolute Gasteiger partial charge is 0.496 e. The van der Waals surface area contributed by atoms with Crippen LogP contribution in [0.2, 0.25) is 0 Å². The maximum absolute atomic E-state index is 10.4. The molecule has 0 atom stereocenters. The Morgan fingerprint density at radius 1 is 1.36 bits per heavy atom. The van der Waals surface area contributed by atoms with Crippen LogP contribution in [0.4, 0.5) is 0 Å². The van der Waals surface area contributed by atoms with E-state index in [0.717, 1.165) is 0 Å². The maximum Gasteiger partial charge on any atom is 0.307 e. The predicted molar refractivity (Wildman–Crippen MR) is 55.7 cm³/mol. The Kier molecular flexibility index (Phi) is 6.20. The Labute approximate surface area is 84.3 Å². The molecule has 3 nitrogen and oxygen atoms in total. The van der Waals surface area contributed by atoms with Gasteiger partial charge in [0.05, 0.1) is 13.5 Å². The molecule has 0 spiro atoms. The van der Waals surface area contributed by atoms with E-state index in [2.05, 4.69) is 0 Å². The molecule has 1 rings (SSSR count). The molecule has 0 aliphatic carbocycles. The van der Waals surface area contributed by atoms with E-state index in [1.807, 2.05) is 19.9 Å². The van der Waals surface area contributed by atoms with Crippen molar-refractivity contribution in [1.29, 1.82) is 0 Å². The summed E-state index contributed by atoms with van der Waals surface area (Å²) in [5.74, 6) is -0.223. The van der Waals surface area contributed by atoms with Crippen molar-refractivity contribution in [3.8, 4) is 5.75 Å². The van der Waals surface area contributed by atoms with Gasteiger partial charge in [0.25, 0.3) is 0 Å². The molecule has 0 saturated carbocycles. The molecule has 14 heavy (non-hydrogen) atoms. The van der Waals surface area contributed by atoms with Gasteiger partial charge in [0, 0.05) is 5.56 Å². The number of para-hydroxylation sites is 1. The second-order valence-electron chi connectivity index (χ2n) is 2.38. The highest BCUT2D eigenvalue weighted by Crippen LogP contribution is 2.17. The highest BCUT2D eigenvalue weighted by atomic mass is 16.5. The minimum absolute atomic E-state index is 0.00398. The van der Waals surface area contributed by atoms with E-state index in [1.54, 1.807) is 18.2 Å². The lowest BCUT2D eigenvalue weighted by Crippen LogP contribution is -2.01. The zero-order valence-corrected chi connectivity index (χ0v) is 8.78. The van der Waals surface area contributed by atoms with Gasteiger partial charge < -0.3 is 9.84 Å². The molecule has 0 aromatic heterocycles. The first-order valence-electron chi connectivity index (χ1n) is 4.57. The van der Waals surface area contributed by atoms with Crippen molar-refractivity contribution in [2.45, 2.75) is 20.3 Å². The van der Waals surface area contributed by atoms with Gasteiger partial charge in [-0.05, 0) is 6.07 Å². The van der Waals surface area contributed by atoms with Crippen LogP contribution in [0.3, 0.4) is 0 Å². The van der Waals surface area contributed by atoms with Crippen LogP contribution >= 0.6 is 0 Å². The summed E-state index contributed by atoms with van der Waals surface area (Å²) in [5.41, 5.74) is 0.701. The van der Waals surface area contributed by atoms with Crippen molar-refractivity contribution < 1.29 is 14.6 Å². The van der Waals surface area contributed by atoms with Gasteiger partial charge in [-0.2, -0.15) is 0 Å². The van der Waals surface area contributed by atoms with Crippen molar-refractivity contribution in [2.75, 3.05) is 7.11 Å². The number of benzene rings is 1. The quantitative estimate of drug-likeness (QED) is 0.807. The summed E-state index contributed by atoms with van der Waals surface area (Å²) in [6.07, 6.45) is 0.00398. The summed E-state index contributed by atoms with van der Waals surface area (Å²) in [6, 6.07) is 7.09. The number of carboxylic acid groups (broad SMARTS) is 1. The second kappa shape index (κ2) is 6.95. The van der Waals surface area contributed by atoms with Gasteiger partial charge in [-0.15, -0.1) is 0 Å². The number of aliphatic carboxylic acids is 1. The summed E-state index contributed by atoms with van der Waals surface area (Å²) >= 11 is 0. The standard InChI is InChI=1S/C9H10O3.C2H6/c1-12-8-5-3-2-4-7(8)6-9(10)11;1-2/h2-5H,6H2,1H3,(H,10,11);1-2H3. The number of hydrogen-bond acceptors (Lipinski definition) is 2. The third-order valence-corrected chi connectivity index (χ3v) is 1.53. The topological polar surface area (TPSA) is 46.5 Å². The number of hydrogen-bond donors (Lipinski definition) is 1. The number of rotatable bonds is 3. The van der Waals surface area contributed by atoms with Crippen molar-refractivity contribution in [3.63, 3.8) is 0 Å². The van der Waals surface area contributed by atoms with Crippen LogP contribution in [0, 0.1) is 0 Å². The highest BCUT2D eigenvalue weighted by Gasteiger charge is 2.04. The van der Waals surface area contributed by atoms with Gasteiger partial charge in [0.1, 0.15) is 5.75 Å². The van der Waals surface area contributed by atoms with E-state index in [4.69, 9.17) is 9.84 Å². The molecule has 1 aromatic rings. The molecule has 0 unspecified atom stereocenters. The molecule has 78 valence electrons. The first kappa shape index (κ1) is 12.5. The maximum atomic E-state index is 10.4. The van der Waals surface area contributed by atoms with E-state index < -0.39 is 5.97 Å². The molecule has 3 heteroatoms. The van der Waals surface area contributed by atoms with Gasteiger partial charge in [-0.3, -0.25) is 4.79 Å². The molecule has 1 N–H and O–H groups in total. The zero-order valence-electron chi connectivity index (χ0n) is 8.78. The number of carbonyl (C=O) groups is 1. The summed E-state index contributed by atoms with van der Waals surface area (Å²) < 4.78 is 4.98. The zero-order chi connectivity index (χ0) is 11.0. The van der Waals surface area contributed by atoms with Crippen LogP contribution < -0.4 is 4.74 Å². The molecule has 0 radical (unpaired) electrons. The van der Waals surface area contributed by atoms with Crippen LogP contribution in [-0.2, 0) is 11.2 Å². The third-order valence-electron chi connectivity index (χ3n) is 1.53. The average Bonchev–Trinajstić information content (AvgIpc) is 2.21. The lowest BCUT2D eigenvalue weighted by atomic mass is 10.1. The minimum atomic E-state index is -0.848. The number of ether oxygens (including phenoxy) is 1. The molecule has 0 amide bonds. The minimum Gasteiger partial charge on any atom is -0.496 e. The molecule has 0 bridgehead atoms. The molecule has 1 aromatic carbocycles. The second-order valence-corrected chi connectivity index (χ2v) is 2.38. The molecule has 0 aliphatic rings. The Morgan fingerprint density at radius 3 is 2.43 bits per heavy atom. The Bertz CT molecular complexity index is 282. The van der Waals surface area contributed by atoms with Gasteiger partial charge in [-0.25, -0.2) is 0 Å². The van der Waals surface area contributed by atoms with Crippen molar-refractivity contribution in [1.82, 2.24) is 0 Å². The molecule has 0 saturated heterocycles. The van der Waals surface area contributed by atoms with Crippen LogP contribution in [0.15, 0.2) is 24.3 Å². The smallest absolute Gasteiger partial charge is 0.307 e. The Hall–Kier alpha value is -1.51. The fraction of sp³-hybridized carbons (Fsp3) is 0.364. The predicted octanol–water partition coefficient (Wildman–Crippen LogP) is 2.35. The van der Waals surface area contributed by atoms with Crippen molar-refractivity contribution >= 4 is 5.97 Å². The van der Waals surface area contributed by atoms with Crippen LogP contribution in [-0.4, -0.2) is 18.2 Å². The highest BCUT2D eigenvalue weighted by molar-refractivity contribution is 5.71. The monoisotopic (exact) mass is 196 g/mol. The lowest BCUT2D eigenvalue weighted by molar-refractivity contribution is -0.136. The first-order valence-corrected chi connectivity index (χ1v) is 4.57. The third kappa shape index (κ3) is 3.94. The lowest BCUT2D eigenvalue weighted by Gasteiger charge is -2.04. The van der Waals surface area contributed by atoms with Gasteiger partial charge in [0.15, 0.2) is 0 Å². The van der Waals surface area contributed by atoms with E-state index >= 15 is 0 Å². The van der Waals surface area contributed by atoms with E-state index in [-0.39, 0.29) is 6.42 Å². The number of carboxylic acids is 1. The first-order chi connectivity index (χ1) is 6.74. The summed E-state index contributed by atoms with van der Waals surface area (Å²) in [4.78, 5) is 10.4. The molecular weight excluding hydrogens is 180 g/mol. The van der Waals surface area contributed by atoms with Gasteiger partial charge in [0.2, 0.25) is 0 Å². The molecular formula is C11H16O3. The van der Waals surface area contributed by atoms with E-state index in [9.17, 15) is 4.79 Å². The normalized spacial score (nSPS) is 8.50. The summed E-state index contributed by atoms with van der Waals surface area (Å²) in [6.45, 7) is 4.00. The van der Waals surface area contributed by atoms with Crippen molar-refractivity contribution in [3.05, 3.63) is 29.8 Å². The number of methoxy groups -OCH3 is 1. The average molecular weight is 196 g/mol. The SMILES string of the molecule is CC.COc1ccccc1CC(=O)O. The van der Waals surface area contributed by atoms with Crippen LogP contribution in [0.25, 0.3) is 0 Å². The Balaban J connectivity index is 0.000000791. The van der Waals surface area contributed by atoms with Gasteiger partial charge in [-0.1, -0.05) is 32.0 Å².